The Hall–Kier alpha value is -1.52. The highest BCUT2D eigenvalue weighted by molar-refractivity contribution is 7.89. The maximum absolute atomic E-state index is 12.6. The Kier molecular flexibility index (Phi) is 8.50. The summed E-state index contributed by atoms with van der Waals surface area (Å²) < 4.78 is 63.4. The first kappa shape index (κ1) is 26.7. The van der Waals surface area contributed by atoms with Gasteiger partial charge in [-0.25, -0.2) is 8.42 Å². The number of halogens is 5. The van der Waals surface area contributed by atoms with Crippen molar-refractivity contribution >= 4 is 45.9 Å². The van der Waals surface area contributed by atoms with Crippen molar-refractivity contribution in [2.24, 2.45) is 0 Å². The summed E-state index contributed by atoms with van der Waals surface area (Å²) in [6.45, 7) is -1.01. The molecule has 1 aliphatic rings. The van der Waals surface area contributed by atoms with Gasteiger partial charge in [0.2, 0.25) is 10.0 Å². The predicted octanol–water partition coefficient (Wildman–Crippen LogP) is 3.98. The van der Waals surface area contributed by atoms with Crippen LogP contribution in [0.4, 0.5) is 13.2 Å². The number of nitriles is 1. The number of aliphatic hydroxyl groups excluding tert-OH is 1. The molecule has 0 aliphatic carbocycles. The average Bonchev–Trinajstić information content (AvgIpc) is 3.11. The summed E-state index contributed by atoms with van der Waals surface area (Å²) in [7, 11) is -4.15. The minimum absolute atomic E-state index is 0.0288. The number of rotatable bonds is 3. The zero-order valence-electron chi connectivity index (χ0n) is 16.1. The minimum Gasteiger partial charge on any atom is -0.393 e. The quantitative estimate of drug-likeness (QED) is 0.523. The molecule has 1 fully saturated rings. The largest absolute Gasteiger partial charge is 0.416 e. The molecule has 0 bridgehead atoms. The van der Waals surface area contributed by atoms with E-state index in [1.807, 2.05) is 6.07 Å². The maximum atomic E-state index is 12.6. The van der Waals surface area contributed by atoms with Crippen molar-refractivity contribution in [3.05, 3.63) is 57.6 Å². The molecule has 174 valence electrons. The lowest BCUT2D eigenvalue weighted by Gasteiger charge is -2.21. The van der Waals surface area contributed by atoms with Crippen LogP contribution in [0.5, 0.6) is 0 Å². The predicted molar refractivity (Wildman–Crippen MR) is 115 cm³/mol. The second kappa shape index (κ2) is 10.2. The van der Waals surface area contributed by atoms with Gasteiger partial charge in [0.25, 0.3) is 0 Å². The number of thiol groups is 1. The molecule has 6 nitrogen and oxygen atoms in total. The Morgan fingerprint density at radius 1 is 1.19 bits per heavy atom. The number of β-amino-alcohol motifs (C(OH)–C–C–N with tert-alkyl or cyclic N) is 1. The average molecular weight is 529 g/mol. The van der Waals surface area contributed by atoms with Crippen molar-refractivity contribution in [3.8, 4) is 6.07 Å². The highest BCUT2D eigenvalue weighted by Gasteiger charge is 2.42. The van der Waals surface area contributed by atoms with E-state index in [2.05, 4.69) is 12.6 Å². The first-order valence-electron chi connectivity index (χ1n) is 8.82. The summed E-state index contributed by atoms with van der Waals surface area (Å²) >= 11 is 15.4. The van der Waals surface area contributed by atoms with Crippen LogP contribution in [0.2, 0.25) is 10.0 Å². The van der Waals surface area contributed by atoms with Crippen LogP contribution < -0.4 is 0 Å². The summed E-state index contributed by atoms with van der Waals surface area (Å²) in [6.07, 6.45) is -4.60. The number of hydrogen-bond acceptors (Lipinski definition) is 6. The summed E-state index contributed by atoms with van der Waals surface area (Å²) in [4.78, 5) is 0.299. The van der Waals surface area contributed by atoms with Gasteiger partial charge in [0, 0.05) is 18.0 Å². The van der Waals surface area contributed by atoms with Crippen LogP contribution in [0, 0.1) is 11.3 Å². The third-order valence-corrected chi connectivity index (χ3v) is 7.46. The Labute approximate surface area is 198 Å². The number of aliphatic hydroxyl groups is 2. The van der Waals surface area contributed by atoms with Crippen molar-refractivity contribution in [3.63, 3.8) is 0 Å². The molecule has 2 N–H and O–H groups in total. The minimum atomic E-state index is -4.63. The molecular weight excluding hydrogens is 512 g/mol. The number of benzene rings is 2. The van der Waals surface area contributed by atoms with Crippen LogP contribution in [0.1, 0.15) is 17.5 Å². The smallest absolute Gasteiger partial charge is 0.393 e. The van der Waals surface area contributed by atoms with E-state index in [9.17, 15) is 26.7 Å². The number of alkyl halides is 3. The zero-order chi connectivity index (χ0) is 24.3. The molecule has 3 rings (SSSR count). The van der Waals surface area contributed by atoms with E-state index in [1.54, 1.807) is 18.2 Å². The molecular formula is C19H17Cl2F3N2O4S2. The highest BCUT2D eigenvalue weighted by Crippen LogP contribution is 2.35. The fourth-order valence-corrected chi connectivity index (χ4v) is 5.31. The SMILES string of the molecule is N#Cc1ccc(S)cc1Cl.O=S(=O)(c1ccc(C(F)(F)F)cc1Cl)N1CC[C@@](O)(CO)C1. The second-order valence-corrected chi connectivity index (χ2v) is 10.1. The van der Waals surface area contributed by atoms with E-state index < -0.39 is 43.9 Å². The summed E-state index contributed by atoms with van der Waals surface area (Å²) in [5.74, 6) is 0. The Morgan fingerprint density at radius 2 is 1.84 bits per heavy atom. The zero-order valence-corrected chi connectivity index (χ0v) is 19.4. The van der Waals surface area contributed by atoms with E-state index in [0.717, 1.165) is 15.3 Å². The highest BCUT2D eigenvalue weighted by atomic mass is 35.5. The molecule has 13 heteroatoms. The van der Waals surface area contributed by atoms with Gasteiger partial charge >= 0.3 is 6.18 Å². The molecule has 0 spiro atoms. The van der Waals surface area contributed by atoms with Gasteiger partial charge in [-0.15, -0.1) is 12.6 Å². The van der Waals surface area contributed by atoms with Crippen molar-refractivity contribution in [2.75, 3.05) is 19.7 Å². The maximum Gasteiger partial charge on any atom is 0.416 e. The van der Waals surface area contributed by atoms with Crippen molar-refractivity contribution < 1.29 is 31.8 Å². The van der Waals surface area contributed by atoms with Gasteiger partial charge in [0.1, 0.15) is 16.6 Å². The van der Waals surface area contributed by atoms with Crippen LogP contribution >= 0.6 is 35.8 Å². The summed E-state index contributed by atoms with van der Waals surface area (Å²) in [5.41, 5.74) is -2.12. The monoisotopic (exact) mass is 528 g/mol. The van der Waals surface area contributed by atoms with Gasteiger partial charge in [-0.2, -0.15) is 22.7 Å². The van der Waals surface area contributed by atoms with E-state index in [1.165, 1.54) is 0 Å². The molecule has 0 saturated carbocycles. The van der Waals surface area contributed by atoms with Crippen LogP contribution in [-0.4, -0.2) is 48.2 Å². The van der Waals surface area contributed by atoms with Gasteiger partial charge in [0.15, 0.2) is 0 Å². The van der Waals surface area contributed by atoms with Crippen LogP contribution in [0.25, 0.3) is 0 Å². The first-order chi connectivity index (χ1) is 14.7. The Bertz CT molecular complexity index is 1140. The van der Waals surface area contributed by atoms with Crippen LogP contribution in [0.3, 0.4) is 0 Å². The van der Waals surface area contributed by atoms with Crippen molar-refractivity contribution in [2.45, 2.75) is 28.0 Å². The molecule has 2 aromatic carbocycles. The lowest BCUT2D eigenvalue weighted by atomic mass is 10.1. The van der Waals surface area contributed by atoms with Gasteiger partial charge in [-0.1, -0.05) is 23.2 Å². The topological polar surface area (TPSA) is 102 Å². The molecule has 0 radical (unpaired) electrons. The van der Waals surface area contributed by atoms with Gasteiger partial charge in [0.05, 0.1) is 27.8 Å². The fourth-order valence-electron chi connectivity index (χ4n) is 2.77. The Balaban J connectivity index is 0.000000303. The lowest BCUT2D eigenvalue weighted by Crippen LogP contribution is -2.38. The number of sulfonamides is 1. The van der Waals surface area contributed by atoms with Gasteiger partial charge in [-0.3, -0.25) is 0 Å². The lowest BCUT2D eigenvalue weighted by molar-refractivity contribution is -0.137. The first-order valence-corrected chi connectivity index (χ1v) is 11.5. The van der Waals surface area contributed by atoms with E-state index in [0.29, 0.717) is 22.7 Å². The molecule has 1 aliphatic heterocycles. The molecule has 1 heterocycles. The van der Waals surface area contributed by atoms with Crippen molar-refractivity contribution in [1.29, 1.82) is 5.26 Å². The van der Waals surface area contributed by atoms with Crippen LogP contribution in [0.15, 0.2) is 46.2 Å². The standard InChI is InChI=1S/C12H13ClF3NO4S.C7H4ClNS/c13-9-5-8(12(14,15)16)1-2-10(9)22(20,21)17-4-3-11(19,6-17)7-18;8-7-3-6(10)2-1-5(7)4-9/h1-2,5,18-19H,3-4,6-7H2;1-3,10H/t11-;/m0./s1. The molecule has 0 amide bonds. The van der Waals surface area contributed by atoms with E-state index in [-0.39, 0.29) is 19.5 Å². The fraction of sp³-hybridized carbons (Fsp3) is 0.316. The molecule has 1 saturated heterocycles. The molecule has 0 aromatic heterocycles. The van der Waals surface area contributed by atoms with Crippen LogP contribution in [-0.2, 0) is 16.2 Å². The Morgan fingerprint density at radius 3 is 2.31 bits per heavy atom. The van der Waals surface area contributed by atoms with Gasteiger partial charge < -0.3 is 10.2 Å². The van der Waals surface area contributed by atoms with Gasteiger partial charge in [-0.05, 0) is 42.8 Å². The molecule has 32 heavy (non-hydrogen) atoms. The third kappa shape index (κ3) is 6.29. The van der Waals surface area contributed by atoms with Crippen molar-refractivity contribution in [1.82, 2.24) is 4.31 Å². The summed E-state index contributed by atoms with van der Waals surface area (Å²) in [5, 5.41) is 27.3. The molecule has 0 unspecified atom stereocenters. The van der Waals surface area contributed by atoms with E-state index >= 15 is 0 Å². The number of hydrogen-bond donors (Lipinski definition) is 3. The third-order valence-electron chi connectivity index (χ3n) is 4.54. The second-order valence-electron chi connectivity index (χ2n) is 6.89. The normalized spacial score (nSPS) is 19.2. The molecule has 2 aromatic rings. The molecule has 1 atom stereocenters. The number of nitrogens with zero attached hydrogens (tertiary/aromatic N) is 2. The summed E-state index contributed by atoms with van der Waals surface area (Å²) in [6, 6.07) is 8.94. The van der Waals surface area contributed by atoms with E-state index in [4.69, 9.17) is 33.6 Å².